The van der Waals surface area contributed by atoms with Crippen LogP contribution in [0.25, 0.3) is 0 Å². The summed E-state index contributed by atoms with van der Waals surface area (Å²) in [5, 5.41) is 10.6. The minimum absolute atomic E-state index is 0.269. The Morgan fingerprint density at radius 2 is 2.05 bits per heavy atom. The first-order valence-electron chi connectivity index (χ1n) is 6.41. The minimum atomic E-state index is -0.269. The fourth-order valence-electron chi connectivity index (χ4n) is 1.93. The summed E-state index contributed by atoms with van der Waals surface area (Å²) in [4.78, 5) is 26.1. The van der Waals surface area contributed by atoms with Crippen LogP contribution < -0.4 is 10.2 Å². The maximum Gasteiger partial charge on any atom is 0.272 e. The van der Waals surface area contributed by atoms with Crippen LogP contribution in [0.1, 0.15) is 10.5 Å². The number of hydrogen-bond acceptors (Lipinski definition) is 5. The fraction of sp³-hybridized carbons (Fsp3) is 0.385. The molecule has 1 aliphatic heterocycles. The minimum Gasteiger partial charge on any atom is -0.352 e. The number of anilines is 1. The van der Waals surface area contributed by atoms with Crippen LogP contribution in [0.15, 0.2) is 24.8 Å². The number of nitrogens with one attached hydrogen (secondary N) is 1. The molecule has 1 N–H and O–H groups in total. The molecule has 0 aliphatic carbocycles. The first-order valence-corrected chi connectivity index (χ1v) is 6.41. The second-order valence-corrected chi connectivity index (χ2v) is 4.40. The van der Waals surface area contributed by atoms with E-state index in [0.717, 1.165) is 25.3 Å². The molecule has 1 aliphatic rings. The van der Waals surface area contributed by atoms with E-state index in [9.17, 15) is 9.59 Å². The molecule has 1 saturated heterocycles. The molecule has 0 saturated carbocycles. The van der Waals surface area contributed by atoms with Gasteiger partial charge in [0.2, 0.25) is 6.41 Å². The average molecular weight is 275 g/mol. The van der Waals surface area contributed by atoms with E-state index in [0.29, 0.717) is 19.6 Å². The first kappa shape index (κ1) is 14.0. The van der Waals surface area contributed by atoms with Gasteiger partial charge in [0.1, 0.15) is 0 Å². The van der Waals surface area contributed by atoms with Crippen LogP contribution in [0.2, 0.25) is 0 Å². The predicted molar refractivity (Wildman–Crippen MR) is 74.4 cm³/mol. The van der Waals surface area contributed by atoms with Crippen molar-refractivity contribution in [3.05, 3.63) is 30.5 Å². The summed E-state index contributed by atoms with van der Waals surface area (Å²) >= 11 is 0. The van der Waals surface area contributed by atoms with Gasteiger partial charge >= 0.3 is 0 Å². The Morgan fingerprint density at radius 3 is 2.60 bits per heavy atom. The third kappa shape index (κ3) is 3.31. The van der Waals surface area contributed by atoms with Gasteiger partial charge in [-0.05, 0) is 12.1 Å². The van der Waals surface area contributed by atoms with Crippen molar-refractivity contribution in [1.29, 1.82) is 0 Å². The van der Waals surface area contributed by atoms with E-state index in [-0.39, 0.29) is 11.6 Å². The molecule has 106 valence electrons. The van der Waals surface area contributed by atoms with E-state index in [4.69, 9.17) is 0 Å². The van der Waals surface area contributed by atoms with Crippen molar-refractivity contribution in [2.24, 2.45) is 0 Å². The van der Waals surface area contributed by atoms with Crippen molar-refractivity contribution >= 4 is 18.1 Å². The van der Waals surface area contributed by atoms with E-state index in [1.54, 1.807) is 23.1 Å². The Bertz CT molecular complexity index is 480. The molecule has 0 radical (unpaired) electrons. The van der Waals surface area contributed by atoms with Crippen LogP contribution in [0.3, 0.4) is 0 Å². The van der Waals surface area contributed by atoms with Crippen LogP contribution in [-0.4, -0.2) is 60.1 Å². The lowest BCUT2D eigenvalue weighted by molar-refractivity contribution is -0.118. The zero-order chi connectivity index (χ0) is 14.4. The van der Waals surface area contributed by atoms with Crippen molar-refractivity contribution in [1.82, 2.24) is 20.4 Å². The molecule has 2 heterocycles. The molecule has 0 spiro atoms. The van der Waals surface area contributed by atoms with Gasteiger partial charge in [0.15, 0.2) is 11.5 Å². The Labute approximate surface area is 117 Å². The van der Waals surface area contributed by atoms with E-state index in [1.807, 2.05) is 4.90 Å². The summed E-state index contributed by atoms with van der Waals surface area (Å²) in [6, 6.07) is 3.42. The molecular formula is C13H17N5O2. The zero-order valence-corrected chi connectivity index (χ0v) is 11.2. The Hall–Kier alpha value is -2.44. The highest BCUT2D eigenvalue weighted by Gasteiger charge is 2.17. The summed E-state index contributed by atoms with van der Waals surface area (Å²) in [5.74, 6) is 0.450. The van der Waals surface area contributed by atoms with Gasteiger partial charge in [0.05, 0.1) is 0 Å². The topological polar surface area (TPSA) is 78.4 Å². The van der Waals surface area contributed by atoms with E-state index < -0.39 is 0 Å². The fourth-order valence-corrected chi connectivity index (χ4v) is 1.93. The lowest BCUT2D eigenvalue weighted by Gasteiger charge is -2.32. The molecule has 20 heavy (non-hydrogen) atoms. The number of aromatic nitrogens is 2. The zero-order valence-electron chi connectivity index (χ0n) is 11.2. The standard InChI is InChI=1S/C13H17N5O2/c1-2-5-14-13(20)11-3-4-12(16-15-11)18-8-6-17(10-19)7-9-18/h2-4,10H,1,5-9H2,(H,14,20). The molecular weight excluding hydrogens is 258 g/mol. The van der Waals surface area contributed by atoms with Crippen LogP contribution in [0, 0.1) is 0 Å². The molecule has 1 aromatic heterocycles. The number of amides is 2. The Kier molecular flexibility index (Phi) is 4.65. The normalized spacial score (nSPS) is 14.8. The maximum absolute atomic E-state index is 11.7. The number of nitrogens with zero attached hydrogens (tertiary/aromatic N) is 4. The highest BCUT2D eigenvalue weighted by molar-refractivity contribution is 5.92. The largest absolute Gasteiger partial charge is 0.352 e. The molecule has 0 bridgehead atoms. The maximum atomic E-state index is 11.7. The van der Waals surface area contributed by atoms with E-state index in [1.165, 1.54) is 0 Å². The summed E-state index contributed by atoms with van der Waals surface area (Å²) < 4.78 is 0. The molecule has 2 amide bonds. The third-order valence-corrected chi connectivity index (χ3v) is 3.08. The summed E-state index contributed by atoms with van der Waals surface area (Å²) in [7, 11) is 0. The number of carbonyl (C=O) groups is 2. The third-order valence-electron chi connectivity index (χ3n) is 3.08. The molecule has 0 aromatic carbocycles. The molecule has 1 fully saturated rings. The Balaban J connectivity index is 1.96. The van der Waals surface area contributed by atoms with Gasteiger partial charge in [-0.25, -0.2) is 0 Å². The van der Waals surface area contributed by atoms with Crippen molar-refractivity contribution < 1.29 is 9.59 Å². The highest BCUT2D eigenvalue weighted by Crippen LogP contribution is 2.12. The molecule has 0 atom stereocenters. The van der Waals surface area contributed by atoms with Crippen molar-refractivity contribution in [2.75, 3.05) is 37.6 Å². The van der Waals surface area contributed by atoms with Gasteiger partial charge in [-0.1, -0.05) is 6.08 Å². The molecule has 0 unspecified atom stereocenters. The van der Waals surface area contributed by atoms with Crippen LogP contribution in [0.5, 0.6) is 0 Å². The molecule has 1 aromatic rings. The van der Waals surface area contributed by atoms with Crippen molar-refractivity contribution in [2.45, 2.75) is 0 Å². The van der Waals surface area contributed by atoms with Gasteiger partial charge in [0, 0.05) is 32.7 Å². The van der Waals surface area contributed by atoms with Crippen LogP contribution in [-0.2, 0) is 4.79 Å². The van der Waals surface area contributed by atoms with E-state index in [2.05, 4.69) is 22.1 Å². The predicted octanol–water partition coefficient (Wildman–Crippen LogP) is -0.329. The number of carbonyl (C=O) groups excluding carboxylic acids is 2. The average Bonchev–Trinajstić information content (AvgIpc) is 2.53. The Morgan fingerprint density at radius 1 is 1.30 bits per heavy atom. The smallest absolute Gasteiger partial charge is 0.272 e. The van der Waals surface area contributed by atoms with E-state index >= 15 is 0 Å². The summed E-state index contributed by atoms with van der Waals surface area (Å²) in [6.07, 6.45) is 2.46. The lowest BCUT2D eigenvalue weighted by atomic mass is 10.3. The SMILES string of the molecule is C=CCNC(=O)c1ccc(N2CCN(C=O)CC2)nn1. The quantitative estimate of drug-likeness (QED) is 0.588. The van der Waals surface area contributed by atoms with Gasteiger partial charge in [-0.3, -0.25) is 9.59 Å². The first-order chi connectivity index (χ1) is 9.74. The number of rotatable bonds is 5. The second kappa shape index (κ2) is 6.65. The summed E-state index contributed by atoms with van der Waals surface area (Å²) in [5.41, 5.74) is 0.280. The van der Waals surface area contributed by atoms with Crippen LogP contribution in [0.4, 0.5) is 5.82 Å². The van der Waals surface area contributed by atoms with Gasteiger partial charge in [-0.2, -0.15) is 0 Å². The van der Waals surface area contributed by atoms with Crippen molar-refractivity contribution in [3.8, 4) is 0 Å². The van der Waals surface area contributed by atoms with Gasteiger partial charge in [0.25, 0.3) is 5.91 Å². The van der Waals surface area contributed by atoms with Crippen LogP contribution >= 0.6 is 0 Å². The molecule has 7 heteroatoms. The van der Waals surface area contributed by atoms with Crippen molar-refractivity contribution in [3.63, 3.8) is 0 Å². The molecule has 2 rings (SSSR count). The summed E-state index contributed by atoms with van der Waals surface area (Å²) in [6.45, 7) is 6.71. The van der Waals surface area contributed by atoms with Gasteiger partial charge < -0.3 is 15.1 Å². The van der Waals surface area contributed by atoms with Gasteiger partial charge in [-0.15, -0.1) is 16.8 Å². The monoisotopic (exact) mass is 275 g/mol. The molecule has 7 nitrogen and oxygen atoms in total. The number of piperazine rings is 1. The number of hydrogen-bond donors (Lipinski definition) is 1. The lowest BCUT2D eigenvalue weighted by Crippen LogP contribution is -2.46. The second-order valence-electron chi connectivity index (χ2n) is 4.40. The highest BCUT2D eigenvalue weighted by atomic mass is 16.2.